The molecule has 3 heteroatoms. The van der Waals surface area contributed by atoms with Gasteiger partial charge in [-0.05, 0) is 25.7 Å². The molecule has 2 aliphatic carbocycles. The highest BCUT2D eigenvalue weighted by Gasteiger charge is 2.62. The van der Waals surface area contributed by atoms with Crippen molar-refractivity contribution in [1.29, 1.82) is 0 Å². The predicted molar refractivity (Wildman–Crippen MR) is 72.3 cm³/mol. The Morgan fingerprint density at radius 1 is 1.37 bits per heavy atom. The topological polar surface area (TPSA) is 40.5 Å². The number of nitrogens with zero attached hydrogens (tertiary/aromatic N) is 1. The lowest BCUT2D eigenvalue weighted by atomic mass is 9.58. The van der Waals surface area contributed by atoms with Crippen molar-refractivity contribution in [2.45, 2.75) is 45.1 Å². The fourth-order valence-electron chi connectivity index (χ4n) is 5.46. The number of piperidine rings is 1. The van der Waals surface area contributed by atoms with Crippen molar-refractivity contribution in [3.63, 3.8) is 0 Å². The first-order valence-corrected chi connectivity index (χ1v) is 7.82. The maximum Gasteiger partial charge on any atom is 0.137 e. The van der Waals surface area contributed by atoms with Crippen LogP contribution in [0.3, 0.4) is 0 Å². The molecule has 19 heavy (non-hydrogen) atoms. The molecule has 0 aromatic heterocycles. The second kappa shape index (κ2) is 3.85. The van der Waals surface area contributed by atoms with Gasteiger partial charge in [-0.1, -0.05) is 13.0 Å². The third-order valence-electron chi connectivity index (χ3n) is 6.22. The largest absolute Gasteiger partial charge is 0.392 e. The summed E-state index contributed by atoms with van der Waals surface area (Å²) in [6.07, 6.45) is 7.03. The number of carbonyl (C=O) groups is 1. The second-order valence-corrected chi connectivity index (χ2v) is 7.00. The molecule has 0 aromatic rings. The lowest BCUT2D eigenvalue weighted by molar-refractivity contribution is -0.122. The first kappa shape index (κ1) is 12.0. The summed E-state index contributed by atoms with van der Waals surface area (Å²) in [6, 6.07) is 0. The van der Waals surface area contributed by atoms with E-state index in [0.29, 0.717) is 12.2 Å². The van der Waals surface area contributed by atoms with Gasteiger partial charge in [0, 0.05) is 48.4 Å². The minimum atomic E-state index is -0.323. The van der Waals surface area contributed by atoms with Crippen LogP contribution in [-0.2, 0) is 4.79 Å². The van der Waals surface area contributed by atoms with Crippen LogP contribution < -0.4 is 0 Å². The van der Waals surface area contributed by atoms with E-state index in [0.717, 1.165) is 32.4 Å². The molecule has 4 rings (SSSR count). The summed E-state index contributed by atoms with van der Waals surface area (Å²) in [5, 5.41) is 10.6. The molecule has 4 aliphatic rings. The first-order chi connectivity index (χ1) is 9.14. The monoisotopic (exact) mass is 261 g/mol. The average Bonchev–Trinajstić information content (AvgIpc) is 2.62. The molecule has 2 bridgehead atoms. The van der Waals surface area contributed by atoms with E-state index in [1.807, 2.05) is 0 Å². The van der Waals surface area contributed by atoms with Gasteiger partial charge in [-0.3, -0.25) is 4.79 Å². The summed E-state index contributed by atoms with van der Waals surface area (Å²) >= 11 is 0. The number of hydrogen-bond donors (Lipinski definition) is 1. The maximum absolute atomic E-state index is 12.5. The van der Waals surface area contributed by atoms with E-state index in [-0.39, 0.29) is 29.3 Å². The minimum Gasteiger partial charge on any atom is -0.392 e. The number of allylic oxidation sites excluding steroid dienone is 1. The highest BCUT2D eigenvalue weighted by Crippen LogP contribution is 2.62. The van der Waals surface area contributed by atoms with E-state index in [1.165, 1.54) is 12.1 Å². The van der Waals surface area contributed by atoms with Crippen molar-refractivity contribution in [1.82, 2.24) is 4.90 Å². The lowest BCUT2D eigenvalue weighted by Gasteiger charge is -2.52. The number of carbonyl (C=O) groups excluding carboxylic acids is 1. The van der Waals surface area contributed by atoms with E-state index in [9.17, 15) is 9.90 Å². The van der Waals surface area contributed by atoms with Gasteiger partial charge < -0.3 is 10.0 Å². The molecule has 1 N–H and O–H groups in total. The molecule has 5 unspecified atom stereocenters. The number of aliphatic hydroxyl groups excluding tert-OH is 1. The van der Waals surface area contributed by atoms with Gasteiger partial charge >= 0.3 is 0 Å². The fraction of sp³-hybridized carbons (Fsp3) is 0.812. The van der Waals surface area contributed by atoms with E-state index in [1.54, 1.807) is 0 Å². The standard InChI is InChI=1S/C16H23NO2/c1-10-8-14-16-5-3-7-17(14)6-2-4-11(16)13(18)9-12(16)15(10)19/h8,10-12,15,19H,2-7,9H2,1H3. The third kappa shape index (κ3) is 1.35. The van der Waals surface area contributed by atoms with E-state index in [2.05, 4.69) is 17.9 Å². The molecule has 3 fully saturated rings. The molecular formula is C16H23NO2. The first-order valence-electron chi connectivity index (χ1n) is 7.82. The summed E-state index contributed by atoms with van der Waals surface area (Å²) in [7, 11) is 0. The van der Waals surface area contributed by atoms with Crippen LogP contribution in [0.2, 0.25) is 0 Å². The van der Waals surface area contributed by atoms with Gasteiger partial charge in [0.2, 0.25) is 0 Å². The second-order valence-electron chi connectivity index (χ2n) is 7.00. The normalized spacial score (nSPS) is 48.6. The SMILES string of the molecule is CC1C=C2N3CCCC4C(=O)CC(C1O)C24CCC3. The molecule has 0 amide bonds. The Labute approximate surface area is 114 Å². The maximum atomic E-state index is 12.5. The van der Waals surface area contributed by atoms with Crippen molar-refractivity contribution >= 4 is 5.78 Å². The van der Waals surface area contributed by atoms with E-state index in [4.69, 9.17) is 0 Å². The molecule has 2 saturated heterocycles. The predicted octanol–water partition coefficient (Wildman–Crippen LogP) is 1.96. The molecular weight excluding hydrogens is 238 g/mol. The number of hydrogen-bond acceptors (Lipinski definition) is 3. The molecule has 104 valence electrons. The summed E-state index contributed by atoms with van der Waals surface area (Å²) < 4.78 is 0. The van der Waals surface area contributed by atoms with Crippen LogP contribution in [-0.4, -0.2) is 35.0 Å². The van der Waals surface area contributed by atoms with Gasteiger partial charge in [0.15, 0.2) is 0 Å². The van der Waals surface area contributed by atoms with Gasteiger partial charge in [-0.15, -0.1) is 0 Å². The molecule has 3 nitrogen and oxygen atoms in total. The molecule has 0 radical (unpaired) electrons. The molecule has 0 aromatic carbocycles. The highest BCUT2D eigenvalue weighted by atomic mass is 16.3. The van der Waals surface area contributed by atoms with Gasteiger partial charge in [0.05, 0.1) is 6.10 Å². The summed E-state index contributed by atoms with van der Waals surface area (Å²) in [5.74, 6) is 0.989. The van der Waals surface area contributed by atoms with Gasteiger partial charge in [0.25, 0.3) is 0 Å². The van der Waals surface area contributed by atoms with Crippen LogP contribution in [0.1, 0.15) is 39.0 Å². The van der Waals surface area contributed by atoms with Crippen LogP contribution in [0, 0.1) is 23.2 Å². The Morgan fingerprint density at radius 3 is 3.00 bits per heavy atom. The molecule has 1 spiro atoms. The van der Waals surface area contributed by atoms with E-state index < -0.39 is 0 Å². The Kier molecular flexibility index (Phi) is 2.42. The lowest BCUT2D eigenvalue weighted by Crippen LogP contribution is -2.52. The zero-order valence-electron chi connectivity index (χ0n) is 11.6. The highest BCUT2D eigenvalue weighted by molar-refractivity contribution is 5.86. The number of aliphatic hydroxyl groups is 1. The Balaban J connectivity index is 1.92. The number of ketones is 1. The zero-order chi connectivity index (χ0) is 13.2. The number of rotatable bonds is 0. The van der Waals surface area contributed by atoms with E-state index >= 15 is 0 Å². The number of Topliss-reactive ketones (excluding diaryl/α,β-unsaturated/α-hetero) is 1. The van der Waals surface area contributed by atoms with Crippen molar-refractivity contribution < 1.29 is 9.90 Å². The molecule has 2 aliphatic heterocycles. The fourth-order valence-corrected chi connectivity index (χ4v) is 5.46. The average molecular weight is 261 g/mol. The Hall–Kier alpha value is -0.830. The summed E-state index contributed by atoms with van der Waals surface area (Å²) in [6.45, 7) is 4.35. The van der Waals surface area contributed by atoms with Crippen molar-refractivity contribution in [2.75, 3.05) is 13.1 Å². The molecule has 5 atom stereocenters. The van der Waals surface area contributed by atoms with Crippen LogP contribution in [0.15, 0.2) is 11.8 Å². The smallest absolute Gasteiger partial charge is 0.137 e. The zero-order valence-corrected chi connectivity index (χ0v) is 11.6. The minimum absolute atomic E-state index is 0.00222. The van der Waals surface area contributed by atoms with Crippen LogP contribution >= 0.6 is 0 Å². The van der Waals surface area contributed by atoms with Gasteiger partial charge in [0.1, 0.15) is 5.78 Å². The van der Waals surface area contributed by atoms with Crippen molar-refractivity contribution in [3.8, 4) is 0 Å². The van der Waals surface area contributed by atoms with Crippen LogP contribution in [0.25, 0.3) is 0 Å². The van der Waals surface area contributed by atoms with Crippen molar-refractivity contribution in [2.24, 2.45) is 23.2 Å². The Bertz CT molecular complexity index is 458. The van der Waals surface area contributed by atoms with Gasteiger partial charge in [-0.25, -0.2) is 0 Å². The summed E-state index contributed by atoms with van der Waals surface area (Å²) in [5.41, 5.74) is 1.42. The Morgan fingerprint density at radius 2 is 2.16 bits per heavy atom. The summed E-state index contributed by atoms with van der Waals surface area (Å²) in [4.78, 5) is 15.0. The quantitative estimate of drug-likeness (QED) is 0.724. The van der Waals surface area contributed by atoms with Crippen molar-refractivity contribution in [3.05, 3.63) is 11.8 Å². The van der Waals surface area contributed by atoms with Gasteiger partial charge in [-0.2, -0.15) is 0 Å². The molecule has 1 saturated carbocycles. The third-order valence-corrected chi connectivity index (χ3v) is 6.22. The molecule has 2 heterocycles. The van der Waals surface area contributed by atoms with Crippen LogP contribution in [0.5, 0.6) is 0 Å². The van der Waals surface area contributed by atoms with Crippen LogP contribution in [0.4, 0.5) is 0 Å².